The van der Waals surface area contributed by atoms with Gasteiger partial charge in [0.1, 0.15) is 0 Å². The van der Waals surface area contributed by atoms with Gasteiger partial charge in [0.2, 0.25) is 0 Å². The molecule has 0 aromatic heterocycles. The number of benzene rings is 1. The van der Waals surface area contributed by atoms with E-state index in [0.717, 1.165) is 4.46 Å². The van der Waals surface area contributed by atoms with E-state index in [1.807, 2.05) is 30.3 Å². The Bertz CT molecular complexity index is 290. The Morgan fingerprint density at radius 1 is 1.15 bits per heavy atom. The zero-order valence-electron chi connectivity index (χ0n) is 8.11. The molecule has 72 valence electrons. The summed E-state index contributed by atoms with van der Waals surface area (Å²) in [4.78, 5) is 0. The fourth-order valence-electron chi connectivity index (χ4n) is 0.807. The van der Waals surface area contributed by atoms with Crippen LogP contribution in [-0.4, -0.2) is 17.5 Å². The van der Waals surface area contributed by atoms with Gasteiger partial charge in [-0.05, 0) is 0 Å². The van der Waals surface area contributed by atoms with Crippen molar-refractivity contribution in [1.29, 1.82) is 0 Å². The van der Waals surface area contributed by atoms with Crippen LogP contribution in [0.25, 0.3) is 0 Å². The fourth-order valence-corrected chi connectivity index (χ4v) is 6.19. The normalized spacial score (nSPS) is 14.1. The van der Waals surface area contributed by atoms with Crippen molar-refractivity contribution in [3.8, 4) is 0 Å². The van der Waals surface area contributed by atoms with Gasteiger partial charge < -0.3 is 0 Å². The summed E-state index contributed by atoms with van der Waals surface area (Å²) in [6.45, 7) is 6.28. The summed E-state index contributed by atoms with van der Waals surface area (Å²) in [5.74, 6) is 0. The van der Waals surface area contributed by atoms with Gasteiger partial charge in [0.15, 0.2) is 0 Å². The molecule has 0 aliphatic rings. The molecule has 0 spiro atoms. The average Bonchev–Trinajstić information content (AvgIpc) is 2.03. The standard InChI is InChI=1S/C10H14OSSe/c1-10(2,3)12-13(11)9-7-5-4-6-8-9/h4-8H,1-3H3. The third-order valence-corrected chi connectivity index (χ3v) is 8.39. The summed E-state index contributed by atoms with van der Waals surface area (Å²) in [5.41, 5.74) is 0. The SMILES string of the molecule is CC(C)(C)S[Se](=O)c1ccccc1. The molecule has 0 aliphatic carbocycles. The van der Waals surface area contributed by atoms with E-state index in [1.165, 1.54) is 0 Å². The van der Waals surface area contributed by atoms with Gasteiger partial charge in [0, 0.05) is 0 Å². The van der Waals surface area contributed by atoms with Crippen LogP contribution < -0.4 is 4.46 Å². The molecule has 0 radical (unpaired) electrons. The minimum absolute atomic E-state index is 0.0856. The predicted octanol–water partition coefficient (Wildman–Crippen LogP) is 2.34. The Morgan fingerprint density at radius 3 is 2.15 bits per heavy atom. The van der Waals surface area contributed by atoms with E-state index in [4.69, 9.17) is 0 Å². The van der Waals surface area contributed by atoms with E-state index in [-0.39, 0.29) is 4.75 Å². The molecule has 0 heterocycles. The maximum atomic E-state index is 11.8. The van der Waals surface area contributed by atoms with Crippen molar-refractivity contribution in [2.45, 2.75) is 25.5 Å². The third-order valence-electron chi connectivity index (χ3n) is 1.26. The molecule has 0 N–H and O–H groups in total. The zero-order valence-corrected chi connectivity index (χ0v) is 10.6. The van der Waals surface area contributed by atoms with Crippen LogP contribution in [0, 0.1) is 0 Å². The van der Waals surface area contributed by atoms with Crippen LogP contribution in [0.5, 0.6) is 0 Å². The molecule has 3 heteroatoms. The van der Waals surface area contributed by atoms with E-state index in [0.29, 0.717) is 0 Å². The average molecular weight is 261 g/mol. The molecule has 1 aromatic carbocycles. The molecular weight excluding hydrogens is 247 g/mol. The van der Waals surface area contributed by atoms with Crippen molar-refractivity contribution in [3.63, 3.8) is 0 Å². The summed E-state index contributed by atoms with van der Waals surface area (Å²) in [6, 6.07) is 9.71. The first kappa shape index (κ1) is 11.0. The molecule has 0 saturated heterocycles. The molecule has 1 atom stereocenters. The second kappa shape index (κ2) is 4.41. The van der Waals surface area contributed by atoms with Gasteiger partial charge in [-0.3, -0.25) is 0 Å². The first-order chi connectivity index (χ1) is 5.99. The van der Waals surface area contributed by atoms with E-state index >= 15 is 0 Å². The van der Waals surface area contributed by atoms with E-state index in [9.17, 15) is 3.83 Å². The van der Waals surface area contributed by atoms with Crippen molar-refractivity contribution in [1.82, 2.24) is 0 Å². The molecule has 1 nitrogen and oxygen atoms in total. The topological polar surface area (TPSA) is 17.1 Å². The van der Waals surface area contributed by atoms with E-state index in [1.54, 1.807) is 10.2 Å². The van der Waals surface area contributed by atoms with Crippen LogP contribution in [0.15, 0.2) is 30.3 Å². The van der Waals surface area contributed by atoms with Crippen LogP contribution >= 0.6 is 10.2 Å². The van der Waals surface area contributed by atoms with Gasteiger partial charge in [-0.1, -0.05) is 0 Å². The molecule has 13 heavy (non-hydrogen) atoms. The van der Waals surface area contributed by atoms with Gasteiger partial charge >= 0.3 is 87.0 Å². The number of rotatable bonds is 2. The maximum absolute atomic E-state index is 11.8. The molecule has 1 rings (SSSR count). The monoisotopic (exact) mass is 262 g/mol. The van der Waals surface area contributed by atoms with Crippen molar-refractivity contribution in [2.75, 3.05) is 0 Å². The second-order valence-electron chi connectivity index (χ2n) is 3.74. The van der Waals surface area contributed by atoms with Gasteiger partial charge in [-0.25, -0.2) is 0 Å². The first-order valence-corrected chi connectivity index (χ1v) is 8.55. The van der Waals surface area contributed by atoms with Gasteiger partial charge in [-0.2, -0.15) is 0 Å². The molecule has 0 aliphatic heterocycles. The summed E-state index contributed by atoms with van der Waals surface area (Å²) in [6.07, 6.45) is 0. The van der Waals surface area contributed by atoms with Crippen molar-refractivity contribution in [2.24, 2.45) is 0 Å². The van der Waals surface area contributed by atoms with E-state index in [2.05, 4.69) is 20.8 Å². The fraction of sp³-hybridized carbons (Fsp3) is 0.400. The molecule has 1 aromatic rings. The van der Waals surface area contributed by atoms with E-state index < -0.39 is 12.7 Å². The quantitative estimate of drug-likeness (QED) is 0.760. The molecule has 0 fully saturated rings. The minimum atomic E-state index is -1.88. The Labute approximate surface area is 87.1 Å². The number of hydrogen-bond donors (Lipinski definition) is 0. The summed E-state index contributed by atoms with van der Waals surface area (Å²) in [7, 11) is 1.58. The molecule has 0 amide bonds. The zero-order chi connectivity index (χ0) is 9.90. The van der Waals surface area contributed by atoms with Gasteiger partial charge in [-0.15, -0.1) is 0 Å². The van der Waals surface area contributed by atoms with Gasteiger partial charge in [0.05, 0.1) is 0 Å². The summed E-state index contributed by atoms with van der Waals surface area (Å²) >= 11 is -1.88. The van der Waals surface area contributed by atoms with Crippen molar-refractivity contribution in [3.05, 3.63) is 30.3 Å². The predicted molar refractivity (Wildman–Crippen MR) is 59.9 cm³/mol. The van der Waals surface area contributed by atoms with Gasteiger partial charge in [0.25, 0.3) is 0 Å². The van der Waals surface area contributed by atoms with Crippen LogP contribution in [0.3, 0.4) is 0 Å². The summed E-state index contributed by atoms with van der Waals surface area (Å²) in [5, 5.41) is 0. The number of hydrogen-bond acceptors (Lipinski definition) is 2. The Kier molecular flexibility index (Phi) is 3.72. The van der Waals surface area contributed by atoms with Crippen molar-refractivity contribution < 1.29 is 3.83 Å². The van der Waals surface area contributed by atoms with Crippen LogP contribution in [0.1, 0.15) is 20.8 Å². The Balaban J connectivity index is 2.71. The molecule has 0 saturated carbocycles. The first-order valence-electron chi connectivity index (χ1n) is 4.15. The van der Waals surface area contributed by atoms with Crippen molar-refractivity contribution >= 4 is 27.4 Å². The molecule has 1 unspecified atom stereocenters. The summed E-state index contributed by atoms with van der Waals surface area (Å²) < 4.78 is 12.9. The van der Waals surface area contributed by atoms with Crippen LogP contribution in [0.2, 0.25) is 0 Å². The Hall–Kier alpha value is -0.111. The molecule has 0 bridgehead atoms. The Morgan fingerprint density at radius 2 is 1.69 bits per heavy atom. The molecular formula is C10H14OSSe. The third kappa shape index (κ3) is 4.08. The van der Waals surface area contributed by atoms with Crippen LogP contribution in [-0.2, 0) is 3.83 Å². The van der Waals surface area contributed by atoms with Crippen LogP contribution in [0.4, 0.5) is 0 Å². The second-order valence-corrected chi connectivity index (χ2v) is 9.73.